The molecule has 0 aliphatic rings. The molecule has 4 N–H and O–H groups in total. The highest BCUT2D eigenvalue weighted by Crippen LogP contribution is 2.32. The Morgan fingerprint density at radius 2 is 1.77 bits per heavy atom. The molecule has 0 amide bonds. The van der Waals surface area contributed by atoms with Crippen LogP contribution in [0.4, 0.5) is 5.69 Å². The monoisotopic (exact) mass is 364 g/mol. The maximum absolute atomic E-state index is 10.3. The van der Waals surface area contributed by atoms with Crippen molar-refractivity contribution in [2.75, 3.05) is 5.73 Å². The van der Waals surface area contributed by atoms with E-state index in [2.05, 4.69) is 10.2 Å². The molecule has 5 nitrogen and oxygen atoms in total. The molecule has 6 heteroatoms. The first-order valence-corrected chi connectivity index (χ1v) is 8.80. The number of nitrogen functional groups attached to an aromatic ring is 1. The molecule has 4 rings (SSSR count). The number of fused-ring (bicyclic) bond motifs is 1. The molecule has 132 valence electrons. The number of aromatic nitrogens is 3. The van der Waals surface area contributed by atoms with Crippen LogP contribution in [0.5, 0.6) is 5.75 Å². The fourth-order valence-electron chi connectivity index (χ4n) is 2.84. The molecule has 1 heterocycles. The number of rotatable bonds is 2. The third-order valence-electron chi connectivity index (χ3n) is 3.94. The highest BCUT2D eigenvalue weighted by atomic mass is 32.1. The highest BCUT2D eigenvalue weighted by Gasteiger charge is 2.16. The molecule has 0 bridgehead atoms. The van der Waals surface area contributed by atoms with Crippen molar-refractivity contribution in [3.63, 3.8) is 0 Å². The fourth-order valence-corrected chi connectivity index (χ4v) is 3.07. The zero-order chi connectivity index (χ0) is 18.7. The van der Waals surface area contributed by atoms with E-state index in [0.717, 1.165) is 16.5 Å². The molecule has 4 aromatic rings. The summed E-state index contributed by atoms with van der Waals surface area (Å²) < 4.78 is 2.28. The second kappa shape index (κ2) is 7.41. The summed E-state index contributed by atoms with van der Waals surface area (Å²) in [6.07, 6.45) is 0. The van der Waals surface area contributed by atoms with E-state index < -0.39 is 0 Å². The minimum Gasteiger partial charge on any atom is -0.507 e. The number of aromatic amines is 1. The zero-order valence-electron chi connectivity index (χ0n) is 14.6. The average Bonchev–Trinajstić information content (AvgIpc) is 3.04. The Balaban J connectivity index is 0.000000948. The number of anilines is 1. The van der Waals surface area contributed by atoms with E-state index >= 15 is 0 Å². The summed E-state index contributed by atoms with van der Waals surface area (Å²) in [5.41, 5.74) is 7.67. The SMILES string of the molecule is CC.Nc1ccc(-c2n[nH]c(=S)n2-c2cccc3ccccc23)c(O)c1. The summed E-state index contributed by atoms with van der Waals surface area (Å²) in [7, 11) is 0. The third kappa shape index (κ3) is 3.07. The fraction of sp³-hybridized carbons (Fsp3) is 0.100. The van der Waals surface area contributed by atoms with Gasteiger partial charge in [-0.05, 0) is 35.8 Å². The van der Waals surface area contributed by atoms with Crippen LogP contribution in [0.3, 0.4) is 0 Å². The van der Waals surface area contributed by atoms with Gasteiger partial charge in [0.05, 0.1) is 11.3 Å². The van der Waals surface area contributed by atoms with Gasteiger partial charge in [0.15, 0.2) is 10.6 Å². The Morgan fingerprint density at radius 1 is 1.04 bits per heavy atom. The van der Waals surface area contributed by atoms with E-state index in [1.54, 1.807) is 12.1 Å². The van der Waals surface area contributed by atoms with Crippen LogP contribution in [0.25, 0.3) is 27.8 Å². The molecule has 0 radical (unpaired) electrons. The standard InChI is InChI=1S/C18H14N4OS.C2H6/c19-12-8-9-14(16(23)10-12)17-20-21-18(24)22(17)15-7-3-5-11-4-1-2-6-13(11)15;1-2/h1-10,23H,19H2,(H,21,24);1-2H3. The summed E-state index contributed by atoms with van der Waals surface area (Å²) in [5.74, 6) is 0.597. The van der Waals surface area contributed by atoms with Gasteiger partial charge in [-0.15, -0.1) is 0 Å². The lowest BCUT2D eigenvalue weighted by Crippen LogP contribution is -1.99. The quantitative estimate of drug-likeness (QED) is 0.343. The largest absolute Gasteiger partial charge is 0.507 e. The molecule has 0 saturated carbocycles. The van der Waals surface area contributed by atoms with E-state index in [-0.39, 0.29) is 5.75 Å². The van der Waals surface area contributed by atoms with E-state index in [1.165, 1.54) is 6.07 Å². The Labute approximate surface area is 156 Å². The summed E-state index contributed by atoms with van der Waals surface area (Å²) >= 11 is 5.43. The van der Waals surface area contributed by atoms with Crippen LogP contribution in [0.2, 0.25) is 0 Å². The number of nitrogens with zero attached hydrogens (tertiary/aromatic N) is 2. The lowest BCUT2D eigenvalue weighted by molar-refractivity contribution is 0.477. The molecular formula is C20H20N4OS. The zero-order valence-corrected chi connectivity index (χ0v) is 15.4. The predicted octanol–water partition coefficient (Wildman–Crippen LogP) is 5.06. The molecular weight excluding hydrogens is 344 g/mol. The molecule has 3 aromatic carbocycles. The molecule has 0 fully saturated rings. The van der Waals surface area contributed by atoms with Gasteiger partial charge in [0.2, 0.25) is 0 Å². The van der Waals surface area contributed by atoms with Crippen LogP contribution in [0.1, 0.15) is 13.8 Å². The Bertz CT molecular complexity index is 1110. The van der Waals surface area contributed by atoms with Crippen LogP contribution >= 0.6 is 12.2 Å². The number of nitrogens with one attached hydrogen (secondary N) is 1. The van der Waals surface area contributed by atoms with Crippen LogP contribution in [0.15, 0.2) is 60.7 Å². The predicted molar refractivity (Wildman–Crippen MR) is 109 cm³/mol. The summed E-state index contributed by atoms with van der Waals surface area (Å²) in [6, 6.07) is 19.0. The normalized spacial score (nSPS) is 10.4. The molecule has 0 spiro atoms. The van der Waals surface area contributed by atoms with Crippen molar-refractivity contribution in [2.45, 2.75) is 13.8 Å². The molecule has 0 atom stereocenters. The maximum atomic E-state index is 10.3. The number of H-pyrrole nitrogens is 1. The number of aromatic hydroxyl groups is 1. The first-order chi connectivity index (χ1) is 12.6. The van der Waals surface area contributed by atoms with Gasteiger partial charge in [0.25, 0.3) is 0 Å². The number of benzene rings is 3. The van der Waals surface area contributed by atoms with Crippen LogP contribution in [-0.4, -0.2) is 19.9 Å². The Hall–Kier alpha value is -3.12. The Kier molecular flexibility index (Phi) is 5.04. The van der Waals surface area contributed by atoms with Crippen molar-refractivity contribution in [1.29, 1.82) is 0 Å². The average molecular weight is 364 g/mol. The number of phenolic OH excluding ortho intramolecular Hbond substituents is 1. The second-order valence-corrected chi connectivity index (χ2v) is 5.85. The minimum absolute atomic E-state index is 0.0606. The van der Waals surface area contributed by atoms with E-state index in [0.29, 0.717) is 21.8 Å². The van der Waals surface area contributed by atoms with Crippen LogP contribution in [0, 0.1) is 4.77 Å². The second-order valence-electron chi connectivity index (χ2n) is 5.46. The summed E-state index contributed by atoms with van der Waals surface area (Å²) in [4.78, 5) is 0. The smallest absolute Gasteiger partial charge is 0.200 e. The summed E-state index contributed by atoms with van der Waals surface area (Å²) in [5, 5.41) is 19.5. The lowest BCUT2D eigenvalue weighted by atomic mass is 10.1. The number of hydrogen-bond donors (Lipinski definition) is 3. The van der Waals surface area contributed by atoms with Crippen LogP contribution < -0.4 is 5.73 Å². The summed E-state index contributed by atoms with van der Waals surface area (Å²) in [6.45, 7) is 4.00. The lowest BCUT2D eigenvalue weighted by Gasteiger charge is -2.11. The molecule has 0 saturated heterocycles. The van der Waals surface area contributed by atoms with Gasteiger partial charge in [-0.1, -0.05) is 50.2 Å². The van der Waals surface area contributed by atoms with Crippen molar-refractivity contribution in [3.05, 3.63) is 65.4 Å². The Morgan fingerprint density at radius 3 is 2.54 bits per heavy atom. The molecule has 0 aliphatic carbocycles. The molecule has 1 aromatic heterocycles. The van der Waals surface area contributed by atoms with Crippen LogP contribution in [-0.2, 0) is 0 Å². The maximum Gasteiger partial charge on any atom is 0.200 e. The van der Waals surface area contributed by atoms with E-state index in [1.807, 2.05) is 60.9 Å². The first kappa shape index (κ1) is 17.7. The topological polar surface area (TPSA) is 79.9 Å². The number of phenols is 1. The number of nitrogens with two attached hydrogens (primary N) is 1. The first-order valence-electron chi connectivity index (χ1n) is 8.39. The van der Waals surface area contributed by atoms with Gasteiger partial charge in [-0.3, -0.25) is 9.67 Å². The van der Waals surface area contributed by atoms with Gasteiger partial charge in [0, 0.05) is 17.1 Å². The molecule has 26 heavy (non-hydrogen) atoms. The van der Waals surface area contributed by atoms with E-state index in [4.69, 9.17) is 18.0 Å². The van der Waals surface area contributed by atoms with Gasteiger partial charge in [-0.2, -0.15) is 5.10 Å². The van der Waals surface area contributed by atoms with Gasteiger partial charge in [-0.25, -0.2) is 0 Å². The van der Waals surface area contributed by atoms with Gasteiger partial charge in [0.1, 0.15) is 5.75 Å². The van der Waals surface area contributed by atoms with Gasteiger partial charge >= 0.3 is 0 Å². The third-order valence-corrected chi connectivity index (χ3v) is 4.22. The minimum atomic E-state index is 0.0606. The van der Waals surface area contributed by atoms with Crippen molar-refractivity contribution < 1.29 is 5.11 Å². The van der Waals surface area contributed by atoms with E-state index in [9.17, 15) is 5.11 Å². The number of hydrogen-bond acceptors (Lipinski definition) is 4. The van der Waals surface area contributed by atoms with Gasteiger partial charge < -0.3 is 10.8 Å². The van der Waals surface area contributed by atoms with Crippen molar-refractivity contribution in [3.8, 4) is 22.8 Å². The molecule has 0 unspecified atom stereocenters. The highest BCUT2D eigenvalue weighted by molar-refractivity contribution is 7.71. The van der Waals surface area contributed by atoms with Crippen molar-refractivity contribution in [2.24, 2.45) is 0 Å². The molecule has 0 aliphatic heterocycles. The van der Waals surface area contributed by atoms with Crippen molar-refractivity contribution >= 4 is 28.7 Å². The van der Waals surface area contributed by atoms with Crippen molar-refractivity contribution in [1.82, 2.24) is 14.8 Å².